The predicted octanol–water partition coefficient (Wildman–Crippen LogP) is 2.01. The molecule has 0 bridgehead atoms. The maximum absolute atomic E-state index is 5.56. The van der Waals surface area contributed by atoms with Gasteiger partial charge in [-0.25, -0.2) is 9.97 Å². The Kier molecular flexibility index (Phi) is 3.08. The number of nitrogens with zero attached hydrogens (tertiary/aromatic N) is 2. The summed E-state index contributed by atoms with van der Waals surface area (Å²) in [5, 5.41) is 2.08. The Balaban J connectivity index is 2.36. The van der Waals surface area contributed by atoms with Crippen molar-refractivity contribution >= 4 is 11.3 Å². The van der Waals surface area contributed by atoms with Crippen LogP contribution >= 0.6 is 11.3 Å². The second-order valence-electron chi connectivity index (χ2n) is 3.33. The van der Waals surface area contributed by atoms with Gasteiger partial charge < -0.3 is 5.73 Å². The Hall–Kier alpha value is -1.26. The molecule has 0 unspecified atom stereocenters. The molecule has 0 fully saturated rings. The van der Waals surface area contributed by atoms with Gasteiger partial charge in [-0.15, -0.1) is 11.3 Å². The molecular weight excluding hydrogens is 206 g/mol. The van der Waals surface area contributed by atoms with E-state index in [1.807, 2.05) is 19.3 Å². The van der Waals surface area contributed by atoms with E-state index < -0.39 is 0 Å². The van der Waals surface area contributed by atoms with Gasteiger partial charge in [0.15, 0.2) is 0 Å². The van der Waals surface area contributed by atoms with Crippen molar-refractivity contribution in [2.75, 3.05) is 6.54 Å². The monoisotopic (exact) mass is 219 g/mol. The fourth-order valence-corrected chi connectivity index (χ4v) is 2.38. The van der Waals surface area contributed by atoms with Crippen LogP contribution in [-0.2, 0) is 6.42 Å². The summed E-state index contributed by atoms with van der Waals surface area (Å²) in [4.78, 5) is 9.64. The van der Waals surface area contributed by atoms with Crippen molar-refractivity contribution < 1.29 is 0 Å². The van der Waals surface area contributed by atoms with E-state index in [4.69, 9.17) is 5.73 Å². The summed E-state index contributed by atoms with van der Waals surface area (Å²) in [6.07, 6.45) is 4.65. The molecule has 2 aromatic rings. The van der Waals surface area contributed by atoms with Crippen LogP contribution in [-0.4, -0.2) is 16.5 Å². The zero-order valence-corrected chi connectivity index (χ0v) is 9.42. The molecule has 2 rings (SSSR count). The van der Waals surface area contributed by atoms with Crippen LogP contribution < -0.4 is 5.73 Å². The lowest BCUT2D eigenvalue weighted by molar-refractivity contribution is 0.974. The Morgan fingerprint density at radius 1 is 1.33 bits per heavy atom. The van der Waals surface area contributed by atoms with Crippen LogP contribution in [0, 0.1) is 6.92 Å². The first-order chi connectivity index (χ1) is 7.31. The van der Waals surface area contributed by atoms with Crippen LogP contribution in [0.5, 0.6) is 0 Å². The highest BCUT2D eigenvalue weighted by Crippen LogP contribution is 2.28. The summed E-state index contributed by atoms with van der Waals surface area (Å²) in [6, 6.07) is 2.12. The standard InChI is InChI=1S/C11H13N3S/c1-8-13-6-10(7-14-8)11-9(2-4-12)3-5-15-11/h3,5-7H,2,4,12H2,1H3. The van der Waals surface area contributed by atoms with Crippen molar-refractivity contribution in [2.24, 2.45) is 5.73 Å². The van der Waals surface area contributed by atoms with E-state index in [9.17, 15) is 0 Å². The normalized spacial score (nSPS) is 10.5. The van der Waals surface area contributed by atoms with E-state index in [0.717, 1.165) is 17.8 Å². The summed E-state index contributed by atoms with van der Waals surface area (Å²) in [6.45, 7) is 2.56. The van der Waals surface area contributed by atoms with Crippen molar-refractivity contribution in [3.8, 4) is 10.4 Å². The largest absolute Gasteiger partial charge is 0.330 e. The summed E-state index contributed by atoms with van der Waals surface area (Å²) >= 11 is 1.71. The number of aromatic nitrogens is 2. The van der Waals surface area contributed by atoms with Gasteiger partial charge in [0, 0.05) is 22.8 Å². The molecule has 0 aliphatic heterocycles. The molecule has 2 heterocycles. The van der Waals surface area contributed by atoms with Crippen molar-refractivity contribution in [1.29, 1.82) is 0 Å². The maximum Gasteiger partial charge on any atom is 0.125 e. The second-order valence-corrected chi connectivity index (χ2v) is 4.25. The molecule has 0 saturated heterocycles. The number of rotatable bonds is 3. The molecule has 2 N–H and O–H groups in total. The predicted molar refractivity (Wildman–Crippen MR) is 62.8 cm³/mol. The first-order valence-corrected chi connectivity index (χ1v) is 5.74. The molecule has 0 aliphatic rings. The van der Waals surface area contributed by atoms with Gasteiger partial charge in [-0.1, -0.05) is 0 Å². The van der Waals surface area contributed by atoms with Crippen LogP contribution in [0.4, 0.5) is 0 Å². The van der Waals surface area contributed by atoms with Crippen molar-refractivity contribution in [2.45, 2.75) is 13.3 Å². The molecule has 0 atom stereocenters. The minimum Gasteiger partial charge on any atom is -0.330 e. The number of nitrogens with two attached hydrogens (primary N) is 1. The van der Waals surface area contributed by atoms with Crippen molar-refractivity contribution in [1.82, 2.24) is 9.97 Å². The molecule has 78 valence electrons. The Morgan fingerprint density at radius 2 is 2.07 bits per heavy atom. The second kappa shape index (κ2) is 4.51. The third kappa shape index (κ3) is 2.22. The Morgan fingerprint density at radius 3 is 2.73 bits per heavy atom. The lowest BCUT2D eigenvalue weighted by Crippen LogP contribution is -2.02. The number of aryl methyl sites for hydroxylation is 1. The van der Waals surface area contributed by atoms with Crippen LogP contribution in [0.15, 0.2) is 23.8 Å². The molecule has 0 radical (unpaired) electrons. The van der Waals surface area contributed by atoms with Gasteiger partial charge >= 0.3 is 0 Å². The number of hydrogen-bond acceptors (Lipinski definition) is 4. The molecule has 15 heavy (non-hydrogen) atoms. The molecule has 0 amide bonds. The van der Waals surface area contributed by atoms with Crippen LogP contribution in [0.1, 0.15) is 11.4 Å². The fourth-order valence-electron chi connectivity index (χ4n) is 1.45. The van der Waals surface area contributed by atoms with Crippen molar-refractivity contribution in [3.05, 3.63) is 35.2 Å². The van der Waals surface area contributed by atoms with Crippen LogP contribution in [0.3, 0.4) is 0 Å². The third-order valence-electron chi connectivity index (χ3n) is 2.20. The van der Waals surface area contributed by atoms with Gasteiger partial charge in [0.2, 0.25) is 0 Å². The SMILES string of the molecule is Cc1ncc(-c2sccc2CCN)cn1. The Bertz CT molecular complexity index is 433. The molecule has 0 saturated carbocycles. The number of hydrogen-bond donors (Lipinski definition) is 1. The smallest absolute Gasteiger partial charge is 0.125 e. The van der Waals surface area contributed by atoms with E-state index in [1.54, 1.807) is 11.3 Å². The highest BCUT2D eigenvalue weighted by molar-refractivity contribution is 7.13. The van der Waals surface area contributed by atoms with Gasteiger partial charge in [-0.2, -0.15) is 0 Å². The first-order valence-electron chi connectivity index (χ1n) is 4.86. The van der Waals surface area contributed by atoms with E-state index in [2.05, 4.69) is 21.4 Å². The molecule has 4 heteroatoms. The van der Waals surface area contributed by atoms with E-state index in [1.165, 1.54) is 10.4 Å². The zero-order chi connectivity index (χ0) is 10.7. The molecular formula is C11H13N3S. The summed E-state index contributed by atoms with van der Waals surface area (Å²) in [5.74, 6) is 0.802. The summed E-state index contributed by atoms with van der Waals surface area (Å²) in [5.41, 5.74) is 7.93. The molecule has 0 aliphatic carbocycles. The highest BCUT2D eigenvalue weighted by Gasteiger charge is 2.06. The van der Waals surface area contributed by atoms with Gasteiger partial charge in [0.1, 0.15) is 5.82 Å². The van der Waals surface area contributed by atoms with E-state index >= 15 is 0 Å². The average molecular weight is 219 g/mol. The lowest BCUT2D eigenvalue weighted by atomic mass is 10.1. The zero-order valence-electron chi connectivity index (χ0n) is 8.60. The molecule has 0 aromatic carbocycles. The summed E-state index contributed by atoms with van der Waals surface area (Å²) in [7, 11) is 0. The molecule has 3 nitrogen and oxygen atoms in total. The molecule has 0 spiro atoms. The van der Waals surface area contributed by atoms with Crippen molar-refractivity contribution in [3.63, 3.8) is 0 Å². The average Bonchev–Trinajstić information content (AvgIpc) is 2.68. The lowest BCUT2D eigenvalue weighted by Gasteiger charge is -2.01. The maximum atomic E-state index is 5.56. The minimum atomic E-state index is 0.677. The van der Waals surface area contributed by atoms with Crippen LogP contribution in [0.25, 0.3) is 10.4 Å². The van der Waals surface area contributed by atoms with Crippen LogP contribution in [0.2, 0.25) is 0 Å². The van der Waals surface area contributed by atoms with E-state index in [-0.39, 0.29) is 0 Å². The topological polar surface area (TPSA) is 51.8 Å². The number of thiophene rings is 1. The van der Waals surface area contributed by atoms with Gasteiger partial charge in [-0.05, 0) is 36.9 Å². The first kappa shape index (κ1) is 10.3. The van der Waals surface area contributed by atoms with Gasteiger partial charge in [0.25, 0.3) is 0 Å². The Labute approximate surface area is 93.0 Å². The van der Waals surface area contributed by atoms with E-state index in [0.29, 0.717) is 6.54 Å². The molecule has 2 aromatic heterocycles. The third-order valence-corrected chi connectivity index (χ3v) is 3.21. The minimum absolute atomic E-state index is 0.677. The quantitative estimate of drug-likeness (QED) is 0.859. The highest BCUT2D eigenvalue weighted by atomic mass is 32.1. The summed E-state index contributed by atoms with van der Waals surface area (Å²) < 4.78 is 0. The van der Waals surface area contributed by atoms with Gasteiger partial charge in [0.05, 0.1) is 0 Å². The van der Waals surface area contributed by atoms with Gasteiger partial charge in [-0.3, -0.25) is 0 Å². The fraction of sp³-hybridized carbons (Fsp3) is 0.273.